The summed E-state index contributed by atoms with van der Waals surface area (Å²) in [5.41, 5.74) is 2.34. The fourth-order valence-corrected chi connectivity index (χ4v) is 3.37. The number of aromatic amines is 1. The predicted molar refractivity (Wildman–Crippen MR) is 79.5 cm³/mol. The molecule has 1 aromatic heterocycles. The molecule has 0 aliphatic carbocycles. The van der Waals surface area contributed by atoms with Gasteiger partial charge in [-0.1, -0.05) is 0 Å². The molecule has 1 aliphatic heterocycles. The number of H-pyrrole nitrogens is 1. The van der Waals surface area contributed by atoms with Gasteiger partial charge in [0, 0.05) is 24.5 Å². The maximum Gasteiger partial charge on any atom is 0.339 e. The molecule has 2 rings (SSSR count). The van der Waals surface area contributed by atoms with E-state index >= 15 is 0 Å². The molecule has 2 heterocycles. The number of carbonyl (C=O) groups excluding carboxylic acids is 2. The van der Waals surface area contributed by atoms with Crippen molar-refractivity contribution in [1.29, 1.82) is 0 Å². The standard InChI is InChI=1S/C14H20N2O3S/c1-9-11(14(18)19-3)10(2)15-12(9)13(17)16-5-4-7-20-8-6-16/h15H,4-8H2,1-3H3. The predicted octanol–water partition coefficient (Wildman–Crippen LogP) is 2.00. The summed E-state index contributed by atoms with van der Waals surface area (Å²) in [6.45, 7) is 5.11. The first-order valence-corrected chi connectivity index (χ1v) is 7.86. The van der Waals surface area contributed by atoms with Gasteiger partial charge in [0.2, 0.25) is 0 Å². The minimum atomic E-state index is -0.401. The third-order valence-corrected chi connectivity index (χ3v) is 4.60. The Kier molecular flexibility index (Phi) is 4.75. The lowest BCUT2D eigenvalue weighted by Gasteiger charge is -2.19. The number of methoxy groups -OCH3 is 1. The number of rotatable bonds is 2. The Morgan fingerprint density at radius 1 is 1.25 bits per heavy atom. The number of nitrogens with one attached hydrogen (secondary N) is 1. The Balaban J connectivity index is 2.28. The summed E-state index contributed by atoms with van der Waals surface area (Å²) >= 11 is 1.87. The molecule has 1 aliphatic rings. The van der Waals surface area contributed by atoms with Crippen LogP contribution in [0.1, 0.15) is 38.5 Å². The zero-order valence-electron chi connectivity index (χ0n) is 12.1. The van der Waals surface area contributed by atoms with E-state index in [-0.39, 0.29) is 5.91 Å². The van der Waals surface area contributed by atoms with Crippen molar-refractivity contribution in [2.75, 3.05) is 31.7 Å². The van der Waals surface area contributed by atoms with Crippen LogP contribution < -0.4 is 0 Å². The number of thioether (sulfide) groups is 1. The summed E-state index contributed by atoms with van der Waals surface area (Å²) in [6, 6.07) is 0. The van der Waals surface area contributed by atoms with E-state index in [9.17, 15) is 9.59 Å². The Morgan fingerprint density at radius 2 is 2.00 bits per heavy atom. The molecule has 6 heteroatoms. The third kappa shape index (κ3) is 2.85. The van der Waals surface area contributed by atoms with Crippen molar-refractivity contribution in [3.8, 4) is 0 Å². The number of nitrogens with zero attached hydrogens (tertiary/aromatic N) is 1. The van der Waals surface area contributed by atoms with E-state index in [4.69, 9.17) is 4.74 Å². The Morgan fingerprint density at radius 3 is 2.70 bits per heavy atom. The number of aromatic nitrogens is 1. The lowest BCUT2D eigenvalue weighted by molar-refractivity contribution is 0.0599. The number of aryl methyl sites for hydroxylation is 1. The van der Waals surface area contributed by atoms with Crippen molar-refractivity contribution >= 4 is 23.6 Å². The van der Waals surface area contributed by atoms with Gasteiger partial charge in [-0.2, -0.15) is 11.8 Å². The van der Waals surface area contributed by atoms with Crippen LogP contribution >= 0.6 is 11.8 Å². The van der Waals surface area contributed by atoms with Gasteiger partial charge in [-0.05, 0) is 31.6 Å². The van der Waals surface area contributed by atoms with Crippen LogP contribution in [0.15, 0.2) is 0 Å². The minimum absolute atomic E-state index is 0.0248. The van der Waals surface area contributed by atoms with Gasteiger partial charge < -0.3 is 14.6 Å². The summed E-state index contributed by atoms with van der Waals surface area (Å²) in [4.78, 5) is 29.2. The Hall–Kier alpha value is -1.43. The second-order valence-electron chi connectivity index (χ2n) is 4.87. The highest BCUT2D eigenvalue weighted by atomic mass is 32.2. The monoisotopic (exact) mass is 296 g/mol. The van der Waals surface area contributed by atoms with E-state index in [0.29, 0.717) is 22.5 Å². The van der Waals surface area contributed by atoms with Crippen molar-refractivity contribution in [3.63, 3.8) is 0 Å². The van der Waals surface area contributed by atoms with E-state index in [1.54, 1.807) is 13.8 Å². The summed E-state index contributed by atoms with van der Waals surface area (Å²) in [5, 5.41) is 0. The van der Waals surface area contributed by atoms with E-state index in [0.717, 1.165) is 31.0 Å². The van der Waals surface area contributed by atoms with E-state index in [1.165, 1.54) is 7.11 Å². The van der Waals surface area contributed by atoms with Gasteiger partial charge in [0.1, 0.15) is 5.69 Å². The van der Waals surface area contributed by atoms with E-state index in [1.807, 2.05) is 16.7 Å². The third-order valence-electron chi connectivity index (χ3n) is 3.55. The minimum Gasteiger partial charge on any atom is -0.465 e. The van der Waals surface area contributed by atoms with Crippen LogP contribution in [0.4, 0.5) is 0 Å². The molecule has 1 N–H and O–H groups in total. The molecular formula is C14H20N2O3S. The fraction of sp³-hybridized carbons (Fsp3) is 0.571. The number of ether oxygens (including phenoxy) is 1. The van der Waals surface area contributed by atoms with Crippen molar-refractivity contribution in [2.45, 2.75) is 20.3 Å². The summed E-state index contributed by atoms with van der Waals surface area (Å²) in [7, 11) is 1.35. The van der Waals surface area contributed by atoms with Gasteiger partial charge in [-0.25, -0.2) is 4.79 Å². The van der Waals surface area contributed by atoms with Crippen molar-refractivity contribution in [2.24, 2.45) is 0 Å². The molecule has 0 bridgehead atoms. The molecule has 0 aromatic carbocycles. The summed E-state index contributed by atoms with van der Waals surface area (Å²) in [6.07, 6.45) is 1.01. The molecule has 5 nitrogen and oxygen atoms in total. The molecule has 0 radical (unpaired) electrons. The van der Waals surface area contributed by atoms with E-state index in [2.05, 4.69) is 4.98 Å². The molecule has 1 saturated heterocycles. The molecule has 110 valence electrons. The molecule has 0 unspecified atom stereocenters. The smallest absolute Gasteiger partial charge is 0.339 e. The number of hydrogen-bond donors (Lipinski definition) is 1. The van der Waals surface area contributed by atoms with Crippen LogP contribution in [0.5, 0.6) is 0 Å². The molecular weight excluding hydrogens is 276 g/mol. The van der Waals surface area contributed by atoms with Crippen LogP contribution in [-0.2, 0) is 4.74 Å². The molecule has 1 amide bonds. The molecule has 0 saturated carbocycles. The van der Waals surface area contributed by atoms with Gasteiger partial charge in [0.25, 0.3) is 5.91 Å². The highest BCUT2D eigenvalue weighted by molar-refractivity contribution is 7.99. The lowest BCUT2D eigenvalue weighted by atomic mass is 10.1. The van der Waals surface area contributed by atoms with Crippen molar-refractivity contribution in [3.05, 3.63) is 22.5 Å². The summed E-state index contributed by atoms with van der Waals surface area (Å²) in [5.74, 6) is 1.64. The second-order valence-corrected chi connectivity index (χ2v) is 6.10. The molecule has 1 aromatic rings. The lowest BCUT2D eigenvalue weighted by Crippen LogP contribution is -2.33. The number of hydrogen-bond acceptors (Lipinski definition) is 4. The number of carbonyl (C=O) groups is 2. The van der Waals surface area contributed by atoms with Gasteiger partial charge in [0.05, 0.1) is 12.7 Å². The molecule has 1 fully saturated rings. The largest absolute Gasteiger partial charge is 0.465 e. The van der Waals surface area contributed by atoms with Crippen molar-refractivity contribution < 1.29 is 14.3 Å². The van der Waals surface area contributed by atoms with Crippen LogP contribution in [-0.4, -0.2) is 53.5 Å². The zero-order valence-corrected chi connectivity index (χ0v) is 12.9. The topological polar surface area (TPSA) is 62.4 Å². The average molecular weight is 296 g/mol. The molecule has 0 atom stereocenters. The van der Waals surface area contributed by atoms with E-state index < -0.39 is 5.97 Å². The van der Waals surface area contributed by atoms with Crippen LogP contribution in [0, 0.1) is 13.8 Å². The van der Waals surface area contributed by atoms with Crippen LogP contribution in [0.2, 0.25) is 0 Å². The quantitative estimate of drug-likeness (QED) is 0.848. The SMILES string of the molecule is COC(=O)c1c(C)[nH]c(C(=O)N2CCCSCC2)c1C. The first-order valence-electron chi connectivity index (χ1n) is 6.70. The Labute approximate surface area is 123 Å². The maximum atomic E-state index is 12.6. The zero-order chi connectivity index (χ0) is 14.7. The van der Waals surface area contributed by atoms with Crippen LogP contribution in [0.25, 0.3) is 0 Å². The fourth-order valence-electron chi connectivity index (χ4n) is 2.48. The van der Waals surface area contributed by atoms with Gasteiger partial charge >= 0.3 is 5.97 Å². The highest BCUT2D eigenvalue weighted by Crippen LogP contribution is 2.21. The second kappa shape index (κ2) is 6.35. The van der Waals surface area contributed by atoms with Gasteiger partial charge in [-0.3, -0.25) is 4.79 Å². The normalized spacial score (nSPS) is 15.8. The first kappa shape index (κ1) is 15.0. The van der Waals surface area contributed by atoms with Crippen molar-refractivity contribution in [1.82, 2.24) is 9.88 Å². The number of esters is 1. The first-order chi connectivity index (χ1) is 9.56. The van der Waals surface area contributed by atoms with Crippen LogP contribution in [0.3, 0.4) is 0 Å². The highest BCUT2D eigenvalue weighted by Gasteiger charge is 2.25. The summed E-state index contributed by atoms with van der Waals surface area (Å²) < 4.78 is 4.77. The maximum absolute atomic E-state index is 12.6. The van der Waals surface area contributed by atoms with Gasteiger partial charge in [-0.15, -0.1) is 0 Å². The Bertz CT molecular complexity index is 517. The number of amides is 1. The molecule has 0 spiro atoms. The molecule has 20 heavy (non-hydrogen) atoms. The average Bonchev–Trinajstić information content (AvgIpc) is 2.64. The van der Waals surface area contributed by atoms with Gasteiger partial charge in [0.15, 0.2) is 0 Å².